The molecule has 0 unspecified atom stereocenters. The van der Waals surface area contributed by atoms with Gasteiger partial charge in [0.1, 0.15) is 17.7 Å². The second-order valence-electron chi connectivity index (χ2n) is 6.07. The monoisotopic (exact) mass is 327 g/mol. The molecule has 1 aliphatic heterocycles. The summed E-state index contributed by atoms with van der Waals surface area (Å²) >= 11 is 0. The number of aromatic amines is 1. The lowest BCUT2D eigenvalue weighted by atomic mass is 10.1. The van der Waals surface area contributed by atoms with Gasteiger partial charge in [-0.15, -0.1) is 0 Å². The molecule has 1 saturated heterocycles. The van der Waals surface area contributed by atoms with Crippen LogP contribution < -0.4 is 10.3 Å². The predicted molar refractivity (Wildman–Crippen MR) is 90.1 cm³/mol. The van der Waals surface area contributed by atoms with Crippen LogP contribution in [0.15, 0.2) is 35.1 Å². The number of amides is 1. The van der Waals surface area contributed by atoms with Gasteiger partial charge in [0, 0.05) is 24.2 Å². The van der Waals surface area contributed by atoms with Crippen LogP contribution in [-0.2, 0) is 11.2 Å². The van der Waals surface area contributed by atoms with Gasteiger partial charge in [-0.2, -0.15) is 0 Å². The van der Waals surface area contributed by atoms with Crippen molar-refractivity contribution in [3.8, 4) is 5.75 Å². The van der Waals surface area contributed by atoms with Gasteiger partial charge >= 0.3 is 0 Å². The number of aryl methyl sites for hydroxylation is 2. The third kappa shape index (κ3) is 3.64. The fourth-order valence-corrected chi connectivity index (χ4v) is 2.96. The van der Waals surface area contributed by atoms with E-state index in [1.54, 1.807) is 18.7 Å². The third-order valence-corrected chi connectivity index (χ3v) is 4.21. The summed E-state index contributed by atoms with van der Waals surface area (Å²) in [5.41, 5.74) is 0.823. The maximum atomic E-state index is 12.5. The van der Waals surface area contributed by atoms with Crippen molar-refractivity contribution < 1.29 is 9.53 Å². The van der Waals surface area contributed by atoms with E-state index in [0.29, 0.717) is 30.2 Å². The molecular weight excluding hydrogens is 306 g/mol. The van der Waals surface area contributed by atoms with E-state index in [1.165, 1.54) is 0 Å². The Labute approximate surface area is 140 Å². The molecule has 0 spiro atoms. The Hall–Kier alpha value is -2.63. The van der Waals surface area contributed by atoms with Crippen LogP contribution in [0.1, 0.15) is 23.5 Å². The van der Waals surface area contributed by atoms with Gasteiger partial charge in [-0.1, -0.05) is 18.2 Å². The van der Waals surface area contributed by atoms with Gasteiger partial charge in [0.15, 0.2) is 0 Å². The van der Waals surface area contributed by atoms with Crippen molar-refractivity contribution in [3.05, 3.63) is 57.8 Å². The highest BCUT2D eigenvalue weighted by Crippen LogP contribution is 2.18. The van der Waals surface area contributed by atoms with Gasteiger partial charge < -0.3 is 14.6 Å². The number of likely N-dealkylation sites (tertiary alicyclic amines) is 1. The van der Waals surface area contributed by atoms with Crippen molar-refractivity contribution in [1.29, 1.82) is 0 Å². The molecule has 2 heterocycles. The normalized spacial score (nSPS) is 17.1. The average molecular weight is 327 g/mol. The van der Waals surface area contributed by atoms with E-state index < -0.39 is 0 Å². The van der Waals surface area contributed by atoms with Gasteiger partial charge in [-0.3, -0.25) is 9.59 Å². The van der Waals surface area contributed by atoms with Gasteiger partial charge in [0.2, 0.25) is 5.91 Å². The maximum absolute atomic E-state index is 12.5. The second kappa shape index (κ2) is 6.86. The molecule has 1 aromatic carbocycles. The zero-order chi connectivity index (χ0) is 17.1. The van der Waals surface area contributed by atoms with E-state index in [2.05, 4.69) is 9.97 Å². The van der Waals surface area contributed by atoms with Crippen molar-refractivity contribution in [2.75, 3.05) is 13.1 Å². The topological polar surface area (TPSA) is 75.3 Å². The molecule has 0 bridgehead atoms. The Morgan fingerprint density at radius 2 is 2.08 bits per heavy atom. The summed E-state index contributed by atoms with van der Waals surface area (Å²) in [4.78, 5) is 33.2. The summed E-state index contributed by atoms with van der Waals surface area (Å²) in [5, 5.41) is 0. The molecule has 6 nitrogen and oxygen atoms in total. The Balaban J connectivity index is 1.62. The first kappa shape index (κ1) is 16.2. The molecule has 2 aromatic rings. The van der Waals surface area contributed by atoms with Crippen LogP contribution in [0, 0.1) is 13.8 Å². The fraction of sp³-hybridized carbons (Fsp3) is 0.389. The van der Waals surface area contributed by atoms with Gasteiger partial charge in [0.05, 0.1) is 13.0 Å². The van der Waals surface area contributed by atoms with Crippen molar-refractivity contribution in [2.24, 2.45) is 0 Å². The fourth-order valence-electron chi connectivity index (χ4n) is 2.96. The number of hydrogen-bond acceptors (Lipinski definition) is 4. The van der Waals surface area contributed by atoms with E-state index in [1.807, 2.05) is 30.3 Å². The Morgan fingerprint density at radius 3 is 2.79 bits per heavy atom. The number of hydrogen-bond donors (Lipinski definition) is 1. The summed E-state index contributed by atoms with van der Waals surface area (Å²) in [6, 6.07) is 9.60. The van der Waals surface area contributed by atoms with Crippen LogP contribution in [0.5, 0.6) is 5.75 Å². The molecule has 1 aromatic heterocycles. The highest BCUT2D eigenvalue weighted by Gasteiger charge is 2.28. The van der Waals surface area contributed by atoms with Gasteiger partial charge in [0.25, 0.3) is 5.56 Å². The SMILES string of the molecule is Cc1nc(C)c(CC(=O)N2CC[C@H](Oc3ccccc3)C2)c(=O)[nH]1. The van der Waals surface area contributed by atoms with Gasteiger partial charge in [-0.25, -0.2) is 4.98 Å². The smallest absolute Gasteiger partial charge is 0.254 e. The molecule has 24 heavy (non-hydrogen) atoms. The first-order chi connectivity index (χ1) is 11.5. The first-order valence-electron chi connectivity index (χ1n) is 8.09. The third-order valence-electron chi connectivity index (χ3n) is 4.21. The number of carbonyl (C=O) groups is 1. The summed E-state index contributed by atoms with van der Waals surface area (Å²) < 4.78 is 5.89. The van der Waals surface area contributed by atoms with E-state index in [9.17, 15) is 9.59 Å². The number of nitrogens with zero attached hydrogens (tertiary/aromatic N) is 2. The number of rotatable bonds is 4. The largest absolute Gasteiger partial charge is 0.489 e. The minimum absolute atomic E-state index is 0.00752. The Bertz CT molecular complexity index is 786. The zero-order valence-electron chi connectivity index (χ0n) is 13.9. The van der Waals surface area contributed by atoms with Crippen molar-refractivity contribution in [2.45, 2.75) is 32.8 Å². The second-order valence-corrected chi connectivity index (χ2v) is 6.07. The summed E-state index contributed by atoms with van der Waals surface area (Å²) in [6.45, 7) is 4.68. The van der Waals surface area contributed by atoms with Crippen molar-refractivity contribution >= 4 is 5.91 Å². The maximum Gasteiger partial charge on any atom is 0.254 e. The van der Waals surface area contributed by atoms with E-state index in [0.717, 1.165) is 12.2 Å². The molecule has 6 heteroatoms. The molecule has 0 aliphatic carbocycles. The molecule has 3 rings (SSSR count). The number of H-pyrrole nitrogens is 1. The summed E-state index contributed by atoms with van der Waals surface area (Å²) in [7, 11) is 0. The lowest BCUT2D eigenvalue weighted by Gasteiger charge is -2.17. The zero-order valence-corrected chi connectivity index (χ0v) is 13.9. The number of ether oxygens (including phenoxy) is 1. The van der Waals surface area contributed by atoms with Crippen LogP contribution in [0.4, 0.5) is 0 Å². The van der Waals surface area contributed by atoms with E-state index >= 15 is 0 Å². The van der Waals surface area contributed by atoms with Crippen LogP contribution in [-0.4, -0.2) is 40.0 Å². The number of para-hydroxylation sites is 1. The Kier molecular flexibility index (Phi) is 4.64. The van der Waals surface area contributed by atoms with Crippen LogP contribution in [0.25, 0.3) is 0 Å². The molecule has 126 valence electrons. The number of carbonyl (C=O) groups excluding carboxylic acids is 1. The molecule has 0 radical (unpaired) electrons. The highest BCUT2D eigenvalue weighted by atomic mass is 16.5. The van der Waals surface area contributed by atoms with Crippen LogP contribution >= 0.6 is 0 Å². The van der Waals surface area contributed by atoms with Crippen LogP contribution in [0.3, 0.4) is 0 Å². The van der Waals surface area contributed by atoms with E-state index in [4.69, 9.17) is 4.74 Å². The van der Waals surface area contributed by atoms with Crippen LogP contribution in [0.2, 0.25) is 0 Å². The molecule has 1 fully saturated rings. The van der Waals surface area contributed by atoms with Crippen molar-refractivity contribution in [3.63, 3.8) is 0 Å². The Morgan fingerprint density at radius 1 is 1.33 bits per heavy atom. The summed E-state index contributed by atoms with van der Waals surface area (Å²) in [6.07, 6.45) is 0.862. The highest BCUT2D eigenvalue weighted by molar-refractivity contribution is 5.79. The van der Waals surface area contributed by atoms with E-state index in [-0.39, 0.29) is 24.0 Å². The molecular formula is C18H21N3O3. The molecule has 1 amide bonds. The minimum atomic E-state index is -0.232. The number of aromatic nitrogens is 2. The predicted octanol–water partition coefficient (Wildman–Crippen LogP) is 1.61. The standard InChI is InChI=1S/C18H21N3O3/c1-12-16(18(23)20-13(2)19-12)10-17(22)21-9-8-15(11-21)24-14-6-4-3-5-7-14/h3-7,15H,8-11H2,1-2H3,(H,19,20,23)/t15-/m0/s1. The first-order valence-corrected chi connectivity index (χ1v) is 8.09. The lowest BCUT2D eigenvalue weighted by molar-refractivity contribution is -0.129. The van der Waals surface area contributed by atoms with Crippen molar-refractivity contribution in [1.82, 2.24) is 14.9 Å². The molecule has 0 saturated carbocycles. The summed E-state index contributed by atoms with van der Waals surface area (Å²) in [5.74, 6) is 1.31. The molecule has 1 aliphatic rings. The molecule has 1 N–H and O–H groups in total. The minimum Gasteiger partial charge on any atom is -0.489 e. The van der Waals surface area contributed by atoms with Gasteiger partial charge in [-0.05, 0) is 26.0 Å². The lowest BCUT2D eigenvalue weighted by Crippen LogP contribution is -2.34. The number of nitrogens with one attached hydrogen (secondary N) is 1. The molecule has 1 atom stereocenters. The quantitative estimate of drug-likeness (QED) is 0.926. The number of benzene rings is 1. The average Bonchev–Trinajstić information content (AvgIpc) is 3.00.